The maximum atomic E-state index is 6.48. The van der Waals surface area contributed by atoms with E-state index in [1.165, 1.54) is 35.4 Å². The van der Waals surface area contributed by atoms with Crippen LogP contribution >= 0.6 is 27.3 Å². The molecular formula is C16H22BrN3S. The summed E-state index contributed by atoms with van der Waals surface area (Å²) in [5, 5.41) is 4.66. The van der Waals surface area contributed by atoms with Crippen LogP contribution in [0.15, 0.2) is 10.5 Å². The van der Waals surface area contributed by atoms with Crippen molar-refractivity contribution in [1.82, 2.24) is 9.78 Å². The number of hydrogen-bond donors (Lipinski definition) is 1. The highest BCUT2D eigenvalue weighted by atomic mass is 79.9. The lowest BCUT2D eigenvalue weighted by Gasteiger charge is -2.12. The summed E-state index contributed by atoms with van der Waals surface area (Å²) in [4.78, 5) is 2.88. The molecule has 0 amide bonds. The normalized spacial score (nSPS) is 15.4. The van der Waals surface area contributed by atoms with Gasteiger partial charge < -0.3 is 5.73 Å². The van der Waals surface area contributed by atoms with Gasteiger partial charge >= 0.3 is 0 Å². The number of halogens is 1. The Hall–Kier alpha value is -0.650. The maximum absolute atomic E-state index is 6.48. The molecule has 1 aliphatic rings. The van der Waals surface area contributed by atoms with E-state index in [-0.39, 0.29) is 6.04 Å². The molecule has 21 heavy (non-hydrogen) atoms. The van der Waals surface area contributed by atoms with Gasteiger partial charge in [-0.25, -0.2) is 0 Å². The number of rotatable bonds is 5. The van der Waals surface area contributed by atoms with Crippen LogP contribution in [0.2, 0.25) is 0 Å². The highest BCUT2D eigenvalue weighted by Gasteiger charge is 2.21. The van der Waals surface area contributed by atoms with Crippen LogP contribution in [0.5, 0.6) is 0 Å². The lowest BCUT2D eigenvalue weighted by atomic mass is 10.1. The first-order valence-electron chi connectivity index (χ1n) is 7.75. The van der Waals surface area contributed by atoms with Crippen molar-refractivity contribution in [2.75, 3.05) is 0 Å². The van der Waals surface area contributed by atoms with Gasteiger partial charge in [0.2, 0.25) is 0 Å². The summed E-state index contributed by atoms with van der Waals surface area (Å²) >= 11 is 5.62. The second-order valence-electron chi connectivity index (χ2n) is 5.64. The van der Waals surface area contributed by atoms with Crippen LogP contribution in [0.1, 0.15) is 53.0 Å². The van der Waals surface area contributed by atoms with E-state index in [4.69, 9.17) is 5.73 Å². The van der Waals surface area contributed by atoms with Crippen LogP contribution < -0.4 is 5.73 Å². The highest BCUT2D eigenvalue weighted by molar-refractivity contribution is 9.10. The van der Waals surface area contributed by atoms with Crippen LogP contribution in [0.3, 0.4) is 0 Å². The number of aromatic nitrogens is 2. The predicted molar refractivity (Wildman–Crippen MR) is 92.0 cm³/mol. The summed E-state index contributed by atoms with van der Waals surface area (Å²) < 4.78 is 3.23. The van der Waals surface area contributed by atoms with Gasteiger partial charge in [0.25, 0.3) is 0 Å². The van der Waals surface area contributed by atoms with Gasteiger partial charge in [-0.3, -0.25) is 4.68 Å². The molecule has 1 aliphatic carbocycles. The van der Waals surface area contributed by atoms with Gasteiger partial charge in [-0.15, -0.1) is 11.3 Å². The Bertz CT molecular complexity index is 623. The second-order valence-corrected chi connectivity index (χ2v) is 7.60. The Morgan fingerprint density at radius 3 is 2.90 bits per heavy atom. The number of fused-ring (bicyclic) bond motifs is 1. The molecular weight excluding hydrogens is 346 g/mol. The van der Waals surface area contributed by atoms with Crippen molar-refractivity contribution >= 4 is 27.3 Å². The minimum absolute atomic E-state index is 0.0728. The SMILES string of the molecule is CCc1nn(CC)c(CC(N)c2cc3c(s2)CCC3)c1Br. The van der Waals surface area contributed by atoms with E-state index in [2.05, 4.69) is 45.6 Å². The molecule has 1 atom stereocenters. The average molecular weight is 368 g/mol. The monoisotopic (exact) mass is 367 g/mol. The third-order valence-electron chi connectivity index (χ3n) is 4.24. The molecule has 1 unspecified atom stereocenters. The Balaban J connectivity index is 1.83. The first-order valence-corrected chi connectivity index (χ1v) is 9.36. The maximum Gasteiger partial charge on any atom is 0.0766 e. The fraction of sp³-hybridized carbons (Fsp3) is 0.562. The summed E-state index contributed by atoms with van der Waals surface area (Å²) in [6, 6.07) is 2.41. The summed E-state index contributed by atoms with van der Waals surface area (Å²) in [7, 11) is 0. The molecule has 3 nitrogen and oxygen atoms in total. The lowest BCUT2D eigenvalue weighted by Crippen LogP contribution is -2.15. The number of hydrogen-bond acceptors (Lipinski definition) is 3. The van der Waals surface area contributed by atoms with Gasteiger partial charge in [-0.1, -0.05) is 6.92 Å². The van der Waals surface area contributed by atoms with Crippen LogP contribution in [0.25, 0.3) is 0 Å². The van der Waals surface area contributed by atoms with E-state index in [1.54, 1.807) is 4.88 Å². The molecule has 0 fully saturated rings. The minimum atomic E-state index is 0.0728. The molecule has 2 aromatic heterocycles. The molecule has 0 bridgehead atoms. The predicted octanol–water partition coefficient (Wildman–Crippen LogP) is 4.02. The smallest absolute Gasteiger partial charge is 0.0766 e. The molecule has 3 rings (SSSR count). The third-order valence-corrected chi connectivity index (χ3v) is 6.52. The summed E-state index contributed by atoms with van der Waals surface area (Å²) in [5.41, 5.74) is 10.4. The quantitative estimate of drug-likeness (QED) is 0.866. The molecule has 5 heteroatoms. The summed E-state index contributed by atoms with van der Waals surface area (Å²) in [5.74, 6) is 0. The van der Waals surface area contributed by atoms with Crippen molar-refractivity contribution in [3.63, 3.8) is 0 Å². The van der Waals surface area contributed by atoms with E-state index in [9.17, 15) is 0 Å². The van der Waals surface area contributed by atoms with Gasteiger partial charge in [0.1, 0.15) is 0 Å². The molecule has 0 radical (unpaired) electrons. The Morgan fingerprint density at radius 1 is 1.43 bits per heavy atom. The van der Waals surface area contributed by atoms with Crippen LogP contribution in [0.4, 0.5) is 0 Å². The van der Waals surface area contributed by atoms with Crippen molar-refractivity contribution in [3.05, 3.63) is 37.2 Å². The van der Waals surface area contributed by atoms with Gasteiger partial charge in [0.05, 0.1) is 15.9 Å². The van der Waals surface area contributed by atoms with E-state index in [0.29, 0.717) is 0 Å². The van der Waals surface area contributed by atoms with Crippen LogP contribution in [-0.4, -0.2) is 9.78 Å². The molecule has 0 saturated carbocycles. The van der Waals surface area contributed by atoms with Gasteiger partial charge in [0, 0.05) is 28.8 Å². The third kappa shape index (κ3) is 2.83. The van der Waals surface area contributed by atoms with Crippen molar-refractivity contribution in [2.24, 2.45) is 5.73 Å². The number of thiophene rings is 1. The zero-order valence-electron chi connectivity index (χ0n) is 12.7. The van der Waals surface area contributed by atoms with Crippen LogP contribution in [0, 0.1) is 0 Å². The van der Waals surface area contributed by atoms with E-state index >= 15 is 0 Å². The first kappa shape index (κ1) is 15.3. The molecule has 0 spiro atoms. The standard InChI is InChI=1S/C16H22BrN3S/c1-3-12-16(17)13(20(4-2)19-12)9-11(18)15-8-10-6-5-7-14(10)21-15/h8,11H,3-7,9,18H2,1-2H3. The van der Waals surface area contributed by atoms with E-state index < -0.39 is 0 Å². The zero-order chi connectivity index (χ0) is 15.0. The molecule has 2 aromatic rings. The molecule has 0 aromatic carbocycles. The summed E-state index contributed by atoms with van der Waals surface area (Å²) in [6.07, 6.45) is 5.58. The Labute approximate surface area is 138 Å². The van der Waals surface area contributed by atoms with Gasteiger partial charge in [0.15, 0.2) is 0 Å². The van der Waals surface area contributed by atoms with E-state index in [1.807, 2.05) is 11.3 Å². The van der Waals surface area contributed by atoms with Crippen molar-refractivity contribution < 1.29 is 0 Å². The zero-order valence-corrected chi connectivity index (χ0v) is 15.1. The minimum Gasteiger partial charge on any atom is -0.323 e. The highest BCUT2D eigenvalue weighted by Crippen LogP contribution is 2.35. The number of nitrogens with zero attached hydrogens (tertiary/aromatic N) is 2. The molecule has 2 N–H and O–H groups in total. The fourth-order valence-electron chi connectivity index (χ4n) is 3.06. The van der Waals surface area contributed by atoms with Crippen molar-refractivity contribution in [2.45, 2.75) is 58.5 Å². The fourth-order valence-corrected chi connectivity index (χ4v) is 5.04. The van der Waals surface area contributed by atoms with Crippen molar-refractivity contribution in [3.8, 4) is 0 Å². The van der Waals surface area contributed by atoms with Crippen LogP contribution in [-0.2, 0) is 32.2 Å². The number of aryl methyl sites for hydroxylation is 4. The second kappa shape index (κ2) is 6.23. The first-order chi connectivity index (χ1) is 10.1. The lowest BCUT2D eigenvalue weighted by molar-refractivity contribution is 0.587. The molecule has 0 saturated heterocycles. The Kier molecular flexibility index (Phi) is 4.52. The van der Waals surface area contributed by atoms with Gasteiger partial charge in [-0.05, 0) is 60.2 Å². The average Bonchev–Trinajstić information content (AvgIpc) is 3.13. The van der Waals surface area contributed by atoms with Gasteiger partial charge in [-0.2, -0.15) is 5.10 Å². The molecule has 2 heterocycles. The van der Waals surface area contributed by atoms with E-state index in [0.717, 1.165) is 29.6 Å². The number of nitrogens with two attached hydrogens (primary N) is 1. The van der Waals surface area contributed by atoms with Crippen molar-refractivity contribution in [1.29, 1.82) is 0 Å². The molecule has 114 valence electrons. The largest absolute Gasteiger partial charge is 0.323 e. The molecule has 0 aliphatic heterocycles. The topological polar surface area (TPSA) is 43.8 Å². The Morgan fingerprint density at radius 2 is 2.24 bits per heavy atom. The summed E-state index contributed by atoms with van der Waals surface area (Å²) in [6.45, 7) is 5.16.